The molecule has 0 fully saturated rings. The van der Waals surface area contributed by atoms with Gasteiger partial charge in [-0.1, -0.05) is 12.1 Å². The number of nitrogens with one attached hydrogen (secondary N) is 1. The highest BCUT2D eigenvalue weighted by Gasteiger charge is 2.12. The van der Waals surface area contributed by atoms with Crippen LogP contribution in [0.5, 0.6) is 11.5 Å². The van der Waals surface area contributed by atoms with Crippen LogP contribution >= 0.6 is 0 Å². The van der Waals surface area contributed by atoms with Crippen LogP contribution in [0.2, 0.25) is 0 Å². The number of hydrogen-bond acceptors (Lipinski definition) is 3. The maximum absolute atomic E-state index is 13.6. The van der Waals surface area contributed by atoms with E-state index in [1.54, 1.807) is 30.3 Å². The maximum atomic E-state index is 13.6. The third-order valence-corrected chi connectivity index (χ3v) is 3.20. The quantitative estimate of drug-likeness (QED) is 0.882. The summed E-state index contributed by atoms with van der Waals surface area (Å²) in [5.74, 6) is 0.466. The fourth-order valence-electron chi connectivity index (χ4n) is 2.10. The van der Waals surface area contributed by atoms with E-state index >= 15 is 0 Å². The topological polar surface area (TPSA) is 47.6 Å². The van der Waals surface area contributed by atoms with E-state index in [2.05, 4.69) is 5.32 Å². The van der Waals surface area contributed by atoms with Crippen molar-refractivity contribution < 1.29 is 18.7 Å². The zero-order chi connectivity index (χ0) is 15.5. The number of rotatable bonds is 3. The lowest BCUT2D eigenvalue weighted by molar-refractivity contribution is -0.111. The molecule has 3 rings (SSSR count). The van der Waals surface area contributed by atoms with Gasteiger partial charge in [0.05, 0.1) is 5.69 Å². The van der Waals surface area contributed by atoms with Crippen molar-refractivity contribution in [3.05, 3.63) is 59.4 Å². The second-order valence-electron chi connectivity index (χ2n) is 4.92. The number of aryl methyl sites for hydroxylation is 1. The number of hydrogen-bond donors (Lipinski definition) is 1. The summed E-state index contributed by atoms with van der Waals surface area (Å²) in [6, 6.07) is 9.92. The molecular formula is C17H14FNO3. The van der Waals surface area contributed by atoms with Crippen LogP contribution in [0.3, 0.4) is 0 Å². The van der Waals surface area contributed by atoms with E-state index in [1.165, 1.54) is 12.1 Å². The minimum atomic E-state index is -0.463. The van der Waals surface area contributed by atoms with Gasteiger partial charge >= 0.3 is 0 Å². The Morgan fingerprint density at radius 2 is 2.00 bits per heavy atom. The Morgan fingerprint density at radius 1 is 1.18 bits per heavy atom. The van der Waals surface area contributed by atoms with Crippen molar-refractivity contribution in [2.45, 2.75) is 6.92 Å². The Hall–Kier alpha value is -2.82. The second kappa shape index (κ2) is 5.89. The molecule has 1 aliphatic heterocycles. The Balaban J connectivity index is 1.70. The van der Waals surface area contributed by atoms with Crippen molar-refractivity contribution in [3.63, 3.8) is 0 Å². The van der Waals surface area contributed by atoms with Crippen LogP contribution in [0, 0.1) is 12.7 Å². The number of carbonyl (C=O) groups is 1. The molecule has 1 N–H and O–H groups in total. The Kier molecular flexibility index (Phi) is 3.78. The molecule has 0 spiro atoms. The molecule has 1 aliphatic rings. The van der Waals surface area contributed by atoms with Gasteiger partial charge in [-0.2, -0.15) is 0 Å². The van der Waals surface area contributed by atoms with Crippen molar-refractivity contribution in [2.75, 3.05) is 12.1 Å². The van der Waals surface area contributed by atoms with Gasteiger partial charge in [0, 0.05) is 6.08 Å². The minimum absolute atomic E-state index is 0.167. The van der Waals surface area contributed by atoms with Gasteiger partial charge in [-0.15, -0.1) is 0 Å². The number of ether oxygens (including phenoxy) is 2. The van der Waals surface area contributed by atoms with E-state index in [9.17, 15) is 9.18 Å². The van der Waals surface area contributed by atoms with E-state index in [0.717, 1.165) is 11.1 Å². The summed E-state index contributed by atoms with van der Waals surface area (Å²) in [5, 5.41) is 2.52. The van der Waals surface area contributed by atoms with Gasteiger partial charge in [0.2, 0.25) is 12.7 Å². The van der Waals surface area contributed by atoms with Crippen LogP contribution < -0.4 is 14.8 Å². The molecule has 0 saturated heterocycles. The average molecular weight is 299 g/mol. The van der Waals surface area contributed by atoms with E-state index in [0.29, 0.717) is 11.5 Å². The van der Waals surface area contributed by atoms with Gasteiger partial charge in [-0.05, 0) is 48.4 Å². The monoisotopic (exact) mass is 299 g/mol. The average Bonchev–Trinajstić information content (AvgIpc) is 2.96. The number of carbonyl (C=O) groups excluding carboxylic acids is 1. The number of benzene rings is 2. The van der Waals surface area contributed by atoms with E-state index < -0.39 is 11.7 Å². The zero-order valence-corrected chi connectivity index (χ0v) is 11.9. The molecule has 0 unspecified atom stereocenters. The normalized spacial score (nSPS) is 12.6. The summed E-state index contributed by atoms with van der Waals surface area (Å²) < 4.78 is 24.1. The molecule has 0 aliphatic carbocycles. The first kappa shape index (κ1) is 14.1. The van der Waals surface area contributed by atoms with Gasteiger partial charge < -0.3 is 14.8 Å². The summed E-state index contributed by atoms with van der Waals surface area (Å²) in [7, 11) is 0. The second-order valence-corrected chi connectivity index (χ2v) is 4.92. The summed E-state index contributed by atoms with van der Waals surface area (Å²) in [4.78, 5) is 11.9. The van der Waals surface area contributed by atoms with Gasteiger partial charge in [0.1, 0.15) is 5.82 Å². The predicted octanol–water partition coefficient (Wildman–Crippen LogP) is 3.51. The van der Waals surface area contributed by atoms with Crippen LogP contribution in [0.25, 0.3) is 6.08 Å². The number of halogens is 1. The first-order chi connectivity index (χ1) is 10.6. The molecule has 0 atom stereocenters. The molecular weight excluding hydrogens is 285 g/mol. The van der Waals surface area contributed by atoms with Gasteiger partial charge in [-0.25, -0.2) is 4.39 Å². The summed E-state index contributed by atoms with van der Waals surface area (Å²) in [6.07, 6.45) is 2.98. The lowest BCUT2D eigenvalue weighted by Gasteiger charge is -2.04. The molecule has 5 heteroatoms. The van der Waals surface area contributed by atoms with Crippen LogP contribution in [0.1, 0.15) is 11.1 Å². The van der Waals surface area contributed by atoms with Crippen molar-refractivity contribution in [1.29, 1.82) is 0 Å². The highest BCUT2D eigenvalue weighted by Crippen LogP contribution is 2.32. The maximum Gasteiger partial charge on any atom is 0.248 e. The molecule has 112 valence electrons. The lowest BCUT2D eigenvalue weighted by Crippen LogP contribution is -2.09. The van der Waals surface area contributed by atoms with Crippen molar-refractivity contribution in [2.24, 2.45) is 0 Å². The Bertz CT molecular complexity index is 756. The molecule has 1 amide bonds. The fourth-order valence-corrected chi connectivity index (χ4v) is 2.10. The third-order valence-electron chi connectivity index (χ3n) is 3.20. The first-order valence-corrected chi connectivity index (χ1v) is 6.77. The molecule has 0 bridgehead atoms. The SMILES string of the molecule is Cc1ccc(F)c(NC(=O)/C=C/c2ccc3c(c2)OCO3)c1. The largest absolute Gasteiger partial charge is 0.454 e. The van der Waals surface area contributed by atoms with Crippen LogP contribution in [-0.4, -0.2) is 12.7 Å². The Morgan fingerprint density at radius 3 is 2.86 bits per heavy atom. The van der Waals surface area contributed by atoms with Crippen LogP contribution in [-0.2, 0) is 4.79 Å². The van der Waals surface area contributed by atoms with Crippen molar-refractivity contribution in [1.82, 2.24) is 0 Å². The molecule has 0 aromatic heterocycles. The molecule has 0 saturated carbocycles. The molecule has 4 nitrogen and oxygen atoms in total. The standard InChI is InChI=1S/C17H14FNO3/c1-11-2-5-13(18)14(8-11)19-17(20)7-4-12-3-6-15-16(9-12)22-10-21-15/h2-9H,10H2,1H3,(H,19,20)/b7-4+. The van der Waals surface area contributed by atoms with Crippen molar-refractivity contribution in [3.8, 4) is 11.5 Å². The molecule has 2 aromatic carbocycles. The first-order valence-electron chi connectivity index (χ1n) is 6.77. The third kappa shape index (κ3) is 3.09. The van der Waals surface area contributed by atoms with E-state index in [1.807, 2.05) is 13.0 Å². The number of fused-ring (bicyclic) bond motifs is 1. The molecule has 22 heavy (non-hydrogen) atoms. The predicted molar refractivity (Wildman–Crippen MR) is 81.4 cm³/mol. The van der Waals surface area contributed by atoms with Crippen LogP contribution in [0.4, 0.5) is 10.1 Å². The highest BCUT2D eigenvalue weighted by molar-refractivity contribution is 6.02. The summed E-state index contributed by atoms with van der Waals surface area (Å²) >= 11 is 0. The summed E-state index contributed by atoms with van der Waals surface area (Å²) in [5.41, 5.74) is 1.83. The lowest BCUT2D eigenvalue weighted by atomic mass is 10.2. The Labute approximate surface area is 127 Å². The number of anilines is 1. The molecule has 0 radical (unpaired) electrons. The van der Waals surface area contributed by atoms with Gasteiger partial charge in [0.25, 0.3) is 0 Å². The minimum Gasteiger partial charge on any atom is -0.454 e. The van der Waals surface area contributed by atoms with Crippen molar-refractivity contribution >= 4 is 17.7 Å². The highest BCUT2D eigenvalue weighted by atomic mass is 19.1. The molecule has 1 heterocycles. The fraction of sp³-hybridized carbons (Fsp3) is 0.118. The summed E-state index contributed by atoms with van der Waals surface area (Å²) in [6.45, 7) is 2.03. The van der Waals surface area contributed by atoms with Gasteiger partial charge in [0.15, 0.2) is 11.5 Å². The smallest absolute Gasteiger partial charge is 0.248 e. The zero-order valence-electron chi connectivity index (χ0n) is 11.9. The van der Waals surface area contributed by atoms with E-state index in [-0.39, 0.29) is 12.5 Å². The van der Waals surface area contributed by atoms with Crippen LogP contribution in [0.15, 0.2) is 42.5 Å². The van der Waals surface area contributed by atoms with E-state index in [4.69, 9.17) is 9.47 Å². The van der Waals surface area contributed by atoms with Gasteiger partial charge in [-0.3, -0.25) is 4.79 Å². The number of amides is 1. The molecule has 2 aromatic rings.